The Morgan fingerprint density at radius 3 is 2.88 bits per heavy atom. The van der Waals surface area contributed by atoms with Crippen molar-refractivity contribution in [3.63, 3.8) is 0 Å². The molecule has 0 radical (unpaired) electrons. The predicted octanol–water partition coefficient (Wildman–Crippen LogP) is 0.598. The molecule has 3 N–H and O–H groups in total. The molecule has 1 aromatic rings. The fraction of sp³-hybridized carbons (Fsp3) is 0.455. The van der Waals surface area contributed by atoms with Gasteiger partial charge in [0, 0.05) is 25.8 Å². The Bertz CT molecular complexity index is 349. The van der Waals surface area contributed by atoms with Gasteiger partial charge in [0.1, 0.15) is 5.75 Å². The summed E-state index contributed by atoms with van der Waals surface area (Å²) in [6.45, 7) is 3.53. The van der Waals surface area contributed by atoms with Crippen molar-refractivity contribution in [2.24, 2.45) is 5.73 Å². The van der Waals surface area contributed by atoms with Crippen LogP contribution in [0.2, 0.25) is 0 Å². The molecule has 1 rings (SSSR count). The number of pyridine rings is 1. The molecule has 0 fully saturated rings. The van der Waals surface area contributed by atoms with E-state index in [-0.39, 0.29) is 17.2 Å². The number of nitrogens with zero attached hydrogens (tertiary/aromatic N) is 2. The van der Waals surface area contributed by atoms with Gasteiger partial charge in [-0.25, -0.2) is 0 Å². The minimum absolute atomic E-state index is 0.0920. The standard InChI is InChI=1S/C11H17N3O2/c1-2-6-14(7-4-12)11(16)9-3-5-13-8-10(9)15/h3,5,8,15H,2,4,6-7,12H2,1H3. The smallest absolute Gasteiger partial charge is 0.257 e. The first-order chi connectivity index (χ1) is 7.70. The second kappa shape index (κ2) is 6.07. The van der Waals surface area contributed by atoms with Crippen molar-refractivity contribution in [2.45, 2.75) is 13.3 Å². The van der Waals surface area contributed by atoms with Crippen LogP contribution < -0.4 is 5.73 Å². The summed E-state index contributed by atoms with van der Waals surface area (Å²) in [5.74, 6) is -0.294. The molecule has 0 aliphatic rings. The van der Waals surface area contributed by atoms with Crippen LogP contribution in [0.15, 0.2) is 18.5 Å². The molecule has 0 aromatic carbocycles. The van der Waals surface area contributed by atoms with Gasteiger partial charge in [-0.2, -0.15) is 0 Å². The summed E-state index contributed by atoms with van der Waals surface area (Å²) in [4.78, 5) is 17.4. The lowest BCUT2D eigenvalue weighted by Crippen LogP contribution is -2.36. The lowest BCUT2D eigenvalue weighted by molar-refractivity contribution is 0.0757. The monoisotopic (exact) mass is 223 g/mol. The van der Waals surface area contributed by atoms with Crippen LogP contribution in [0.3, 0.4) is 0 Å². The molecule has 5 heteroatoms. The fourth-order valence-corrected chi connectivity index (χ4v) is 1.48. The Labute approximate surface area is 94.9 Å². The molecular formula is C11H17N3O2. The molecule has 16 heavy (non-hydrogen) atoms. The number of hydrogen-bond donors (Lipinski definition) is 2. The number of hydrogen-bond acceptors (Lipinski definition) is 4. The maximum Gasteiger partial charge on any atom is 0.257 e. The molecule has 0 spiro atoms. The van der Waals surface area contributed by atoms with E-state index in [0.717, 1.165) is 6.42 Å². The third-order valence-electron chi connectivity index (χ3n) is 2.21. The SMILES string of the molecule is CCCN(CCN)C(=O)c1ccncc1O. The van der Waals surface area contributed by atoms with Gasteiger partial charge in [-0.15, -0.1) is 0 Å². The average molecular weight is 223 g/mol. The Kier molecular flexibility index (Phi) is 4.72. The summed E-state index contributed by atoms with van der Waals surface area (Å²) < 4.78 is 0. The predicted molar refractivity (Wildman–Crippen MR) is 61.2 cm³/mol. The molecule has 5 nitrogen and oxygen atoms in total. The summed E-state index contributed by atoms with van der Waals surface area (Å²) in [6, 6.07) is 1.51. The van der Waals surface area contributed by atoms with Gasteiger partial charge < -0.3 is 15.7 Å². The van der Waals surface area contributed by atoms with E-state index in [2.05, 4.69) is 4.98 Å². The maximum absolute atomic E-state index is 12.0. The number of carbonyl (C=O) groups excluding carboxylic acids is 1. The third kappa shape index (κ3) is 2.93. The van der Waals surface area contributed by atoms with E-state index in [0.29, 0.717) is 19.6 Å². The van der Waals surface area contributed by atoms with Crippen molar-refractivity contribution in [3.8, 4) is 5.75 Å². The van der Waals surface area contributed by atoms with Crippen molar-refractivity contribution in [1.29, 1.82) is 0 Å². The minimum Gasteiger partial charge on any atom is -0.505 e. The Balaban J connectivity index is 2.85. The highest BCUT2D eigenvalue weighted by Gasteiger charge is 2.17. The lowest BCUT2D eigenvalue weighted by Gasteiger charge is -2.21. The molecule has 1 amide bonds. The van der Waals surface area contributed by atoms with Crippen molar-refractivity contribution in [2.75, 3.05) is 19.6 Å². The molecule has 0 aliphatic carbocycles. The highest BCUT2D eigenvalue weighted by Crippen LogP contribution is 2.16. The van der Waals surface area contributed by atoms with Crippen molar-refractivity contribution >= 4 is 5.91 Å². The van der Waals surface area contributed by atoms with E-state index in [1.54, 1.807) is 4.90 Å². The van der Waals surface area contributed by atoms with E-state index < -0.39 is 0 Å². The average Bonchev–Trinajstić information content (AvgIpc) is 2.28. The molecule has 0 atom stereocenters. The molecule has 0 saturated heterocycles. The summed E-state index contributed by atoms with van der Waals surface area (Å²) in [6.07, 6.45) is 3.61. The zero-order chi connectivity index (χ0) is 12.0. The Hall–Kier alpha value is -1.62. The molecule has 1 aromatic heterocycles. The summed E-state index contributed by atoms with van der Waals surface area (Å²) in [7, 11) is 0. The zero-order valence-electron chi connectivity index (χ0n) is 9.39. The van der Waals surface area contributed by atoms with E-state index in [1.807, 2.05) is 6.92 Å². The van der Waals surface area contributed by atoms with Gasteiger partial charge in [0.05, 0.1) is 11.8 Å². The molecule has 88 valence electrons. The molecule has 0 aliphatic heterocycles. The van der Waals surface area contributed by atoms with Crippen LogP contribution in [0, 0.1) is 0 Å². The normalized spacial score (nSPS) is 10.1. The van der Waals surface area contributed by atoms with Crippen molar-refractivity contribution < 1.29 is 9.90 Å². The van der Waals surface area contributed by atoms with Gasteiger partial charge in [-0.3, -0.25) is 9.78 Å². The zero-order valence-corrected chi connectivity index (χ0v) is 9.39. The number of aromatic nitrogens is 1. The van der Waals surface area contributed by atoms with E-state index in [1.165, 1.54) is 18.5 Å². The molecule has 0 bridgehead atoms. The highest BCUT2D eigenvalue weighted by molar-refractivity contribution is 5.96. The first-order valence-corrected chi connectivity index (χ1v) is 5.33. The Morgan fingerprint density at radius 1 is 1.56 bits per heavy atom. The van der Waals surface area contributed by atoms with Gasteiger partial charge in [-0.1, -0.05) is 6.92 Å². The third-order valence-corrected chi connectivity index (χ3v) is 2.21. The lowest BCUT2D eigenvalue weighted by atomic mass is 10.2. The van der Waals surface area contributed by atoms with E-state index in [9.17, 15) is 9.90 Å². The van der Waals surface area contributed by atoms with Crippen molar-refractivity contribution in [3.05, 3.63) is 24.0 Å². The van der Waals surface area contributed by atoms with Gasteiger partial charge in [0.15, 0.2) is 0 Å². The van der Waals surface area contributed by atoms with Crippen LogP contribution in [0.25, 0.3) is 0 Å². The number of amides is 1. The van der Waals surface area contributed by atoms with Crippen LogP contribution in [-0.4, -0.2) is 40.5 Å². The summed E-state index contributed by atoms with van der Waals surface area (Å²) in [5, 5.41) is 9.53. The topological polar surface area (TPSA) is 79.5 Å². The van der Waals surface area contributed by atoms with Gasteiger partial charge in [0.25, 0.3) is 5.91 Å². The second-order valence-electron chi connectivity index (χ2n) is 3.47. The summed E-state index contributed by atoms with van der Waals surface area (Å²) >= 11 is 0. The first kappa shape index (κ1) is 12.4. The first-order valence-electron chi connectivity index (χ1n) is 5.33. The molecule has 0 unspecified atom stereocenters. The van der Waals surface area contributed by atoms with Gasteiger partial charge in [-0.05, 0) is 12.5 Å². The maximum atomic E-state index is 12.0. The van der Waals surface area contributed by atoms with Gasteiger partial charge in [0.2, 0.25) is 0 Å². The molecule has 1 heterocycles. The number of aromatic hydroxyl groups is 1. The number of rotatable bonds is 5. The second-order valence-corrected chi connectivity index (χ2v) is 3.47. The van der Waals surface area contributed by atoms with Crippen LogP contribution in [0.5, 0.6) is 5.75 Å². The van der Waals surface area contributed by atoms with Crippen LogP contribution in [0.4, 0.5) is 0 Å². The van der Waals surface area contributed by atoms with Crippen molar-refractivity contribution in [1.82, 2.24) is 9.88 Å². The van der Waals surface area contributed by atoms with E-state index >= 15 is 0 Å². The highest BCUT2D eigenvalue weighted by atomic mass is 16.3. The number of nitrogens with two attached hydrogens (primary N) is 1. The van der Waals surface area contributed by atoms with Crippen LogP contribution in [-0.2, 0) is 0 Å². The fourth-order valence-electron chi connectivity index (χ4n) is 1.48. The minimum atomic E-state index is -0.202. The Morgan fingerprint density at radius 2 is 2.31 bits per heavy atom. The molecular weight excluding hydrogens is 206 g/mol. The van der Waals surface area contributed by atoms with Crippen LogP contribution in [0.1, 0.15) is 23.7 Å². The van der Waals surface area contributed by atoms with Crippen LogP contribution >= 0.6 is 0 Å². The largest absolute Gasteiger partial charge is 0.505 e. The quantitative estimate of drug-likeness (QED) is 0.766. The molecule has 0 saturated carbocycles. The van der Waals surface area contributed by atoms with E-state index in [4.69, 9.17) is 5.73 Å². The number of carbonyl (C=O) groups is 1. The summed E-state index contributed by atoms with van der Waals surface area (Å²) in [5.41, 5.74) is 5.72. The van der Waals surface area contributed by atoms with Gasteiger partial charge >= 0.3 is 0 Å².